The summed E-state index contributed by atoms with van der Waals surface area (Å²) in [5.41, 5.74) is 6.60. The summed E-state index contributed by atoms with van der Waals surface area (Å²) in [5.74, 6) is -0.164. The Labute approximate surface area is 142 Å². The van der Waals surface area contributed by atoms with Crippen LogP contribution in [-0.2, 0) is 15.0 Å². The number of hydrogen-bond acceptors (Lipinski definition) is 5. The van der Waals surface area contributed by atoms with Crippen LogP contribution in [-0.4, -0.2) is 22.6 Å². The number of carbonyl (C=O) groups is 2. The summed E-state index contributed by atoms with van der Waals surface area (Å²) in [5, 5.41) is 3.50. The summed E-state index contributed by atoms with van der Waals surface area (Å²) in [6, 6.07) is 9.84. The number of nitrogens with zero attached hydrogens (tertiary/aromatic N) is 1. The van der Waals surface area contributed by atoms with Gasteiger partial charge in [0.05, 0.1) is 21.1 Å². The van der Waals surface area contributed by atoms with E-state index in [4.69, 9.17) is 5.73 Å². The van der Waals surface area contributed by atoms with Crippen LogP contribution in [0.1, 0.15) is 24.1 Å². The molecule has 0 spiro atoms. The number of nitrogens with one attached hydrogen (secondary N) is 1. The lowest BCUT2D eigenvalue weighted by molar-refractivity contribution is -0.118. The number of rotatable bonds is 6. The fourth-order valence-electron chi connectivity index (χ4n) is 2.45. The van der Waals surface area contributed by atoms with Crippen LogP contribution < -0.4 is 11.1 Å². The molecule has 0 unspecified atom stereocenters. The maximum Gasteiger partial charge on any atom is 0.236 e. The van der Waals surface area contributed by atoms with E-state index in [1.54, 1.807) is 0 Å². The average molecular weight is 347 g/mol. The molecule has 1 fully saturated rings. The van der Waals surface area contributed by atoms with Crippen LogP contribution in [0.15, 0.2) is 34.5 Å². The van der Waals surface area contributed by atoms with Crippen molar-refractivity contribution in [1.29, 1.82) is 0 Å². The molecule has 1 aromatic carbocycles. The predicted octanol–water partition coefficient (Wildman–Crippen LogP) is 2.70. The van der Waals surface area contributed by atoms with E-state index in [1.807, 2.05) is 37.3 Å². The van der Waals surface area contributed by atoms with E-state index in [9.17, 15) is 9.59 Å². The summed E-state index contributed by atoms with van der Waals surface area (Å²) in [7, 11) is 0. The summed E-state index contributed by atoms with van der Waals surface area (Å²) >= 11 is 2.73. The molecule has 1 aliphatic carbocycles. The molecule has 3 rings (SSSR count). The zero-order valence-corrected chi connectivity index (χ0v) is 14.3. The molecule has 3 N–H and O–H groups in total. The van der Waals surface area contributed by atoms with Crippen molar-refractivity contribution in [3.05, 3.63) is 41.6 Å². The Morgan fingerprint density at radius 1 is 1.35 bits per heavy atom. The van der Waals surface area contributed by atoms with Gasteiger partial charge in [-0.2, -0.15) is 0 Å². The maximum atomic E-state index is 12.7. The number of hydrogen-bond donors (Lipinski definition) is 2. The van der Waals surface area contributed by atoms with Gasteiger partial charge >= 0.3 is 0 Å². The molecule has 1 aromatic heterocycles. The van der Waals surface area contributed by atoms with E-state index in [1.165, 1.54) is 23.1 Å². The van der Waals surface area contributed by atoms with Crippen molar-refractivity contribution in [2.45, 2.75) is 29.4 Å². The first kappa shape index (κ1) is 16.0. The fraction of sp³-hybridized carbons (Fsp3) is 0.312. The number of thioether (sulfide) groups is 1. The van der Waals surface area contributed by atoms with Crippen LogP contribution in [0.4, 0.5) is 5.13 Å². The highest BCUT2D eigenvalue weighted by Crippen LogP contribution is 2.49. The minimum Gasteiger partial charge on any atom is -0.369 e. The van der Waals surface area contributed by atoms with E-state index >= 15 is 0 Å². The molecule has 2 amide bonds. The molecule has 0 radical (unpaired) electrons. The number of thiazole rings is 1. The number of nitrogens with two attached hydrogens (primary N) is 1. The maximum absolute atomic E-state index is 12.7. The number of aromatic nitrogens is 1. The lowest BCUT2D eigenvalue weighted by Gasteiger charge is -2.14. The molecule has 23 heavy (non-hydrogen) atoms. The minimum atomic E-state index is -0.415. The van der Waals surface area contributed by atoms with E-state index < -0.39 is 5.41 Å². The van der Waals surface area contributed by atoms with Crippen LogP contribution in [0, 0.1) is 6.92 Å². The summed E-state index contributed by atoms with van der Waals surface area (Å²) in [6.45, 7) is 1.86. The monoisotopic (exact) mass is 347 g/mol. The molecule has 120 valence electrons. The van der Waals surface area contributed by atoms with Gasteiger partial charge in [-0.1, -0.05) is 41.7 Å². The highest BCUT2D eigenvalue weighted by atomic mass is 32.2. The minimum absolute atomic E-state index is 0.0103. The van der Waals surface area contributed by atoms with Crippen LogP contribution in [0.2, 0.25) is 0 Å². The lowest BCUT2D eigenvalue weighted by atomic mass is 9.95. The smallest absolute Gasteiger partial charge is 0.236 e. The molecular weight excluding hydrogens is 330 g/mol. The van der Waals surface area contributed by atoms with Crippen molar-refractivity contribution in [3.63, 3.8) is 0 Å². The van der Waals surface area contributed by atoms with Gasteiger partial charge in [0.2, 0.25) is 11.8 Å². The predicted molar refractivity (Wildman–Crippen MR) is 92.8 cm³/mol. The molecule has 0 bridgehead atoms. The van der Waals surface area contributed by atoms with E-state index in [-0.39, 0.29) is 17.6 Å². The summed E-state index contributed by atoms with van der Waals surface area (Å²) in [6.07, 6.45) is 1.72. The second kappa shape index (κ2) is 6.33. The van der Waals surface area contributed by atoms with Crippen LogP contribution in [0.25, 0.3) is 0 Å². The van der Waals surface area contributed by atoms with Crippen molar-refractivity contribution in [2.24, 2.45) is 5.73 Å². The fourth-order valence-corrected chi connectivity index (χ4v) is 4.32. The topological polar surface area (TPSA) is 85.1 Å². The number of amides is 2. The molecule has 7 heteroatoms. The SMILES string of the molecule is Cc1nc(NC(=O)C2(c3ccccc3)CC2)sc1SCC(N)=O. The summed E-state index contributed by atoms with van der Waals surface area (Å²) < 4.78 is 0.906. The Hall–Kier alpha value is -1.86. The highest BCUT2D eigenvalue weighted by Gasteiger charge is 2.51. The van der Waals surface area contributed by atoms with Crippen molar-refractivity contribution in [1.82, 2.24) is 4.98 Å². The number of primary amides is 1. The Morgan fingerprint density at radius 3 is 2.65 bits per heavy atom. The van der Waals surface area contributed by atoms with E-state index in [0.717, 1.165) is 28.3 Å². The zero-order valence-electron chi connectivity index (χ0n) is 12.7. The Morgan fingerprint density at radius 2 is 2.04 bits per heavy atom. The molecule has 0 aliphatic heterocycles. The van der Waals surface area contributed by atoms with Gasteiger partial charge in [-0.3, -0.25) is 9.59 Å². The number of anilines is 1. The normalized spacial score (nSPS) is 15.2. The van der Waals surface area contributed by atoms with Gasteiger partial charge in [0, 0.05) is 0 Å². The third kappa shape index (κ3) is 3.40. The lowest BCUT2D eigenvalue weighted by Crippen LogP contribution is -2.27. The molecule has 0 atom stereocenters. The molecule has 1 saturated carbocycles. The Kier molecular flexibility index (Phi) is 4.41. The van der Waals surface area contributed by atoms with Crippen molar-refractivity contribution in [3.8, 4) is 0 Å². The quantitative estimate of drug-likeness (QED) is 0.787. The van der Waals surface area contributed by atoms with Crippen molar-refractivity contribution < 1.29 is 9.59 Å². The first-order chi connectivity index (χ1) is 11.0. The molecule has 2 aromatic rings. The van der Waals surface area contributed by atoms with Crippen LogP contribution in [0.5, 0.6) is 0 Å². The number of carbonyl (C=O) groups excluding carboxylic acids is 2. The first-order valence-electron chi connectivity index (χ1n) is 7.27. The Bertz CT molecular complexity index is 739. The largest absolute Gasteiger partial charge is 0.369 e. The Balaban J connectivity index is 1.71. The first-order valence-corrected chi connectivity index (χ1v) is 9.07. The average Bonchev–Trinajstić information content (AvgIpc) is 3.27. The molecule has 5 nitrogen and oxygen atoms in total. The molecule has 1 heterocycles. The van der Waals surface area contributed by atoms with Crippen LogP contribution in [0.3, 0.4) is 0 Å². The molecular formula is C16H17N3O2S2. The van der Waals surface area contributed by atoms with Gasteiger partial charge in [0.15, 0.2) is 5.13 Å². The third-order valence-corrected chi connectivity index (χ3v) is 6.29. The van der Waals surface area contributed by atoms with Gasteiger partial charge in [0.25, 0.3) is 0 Å². The van der Waals surface area contributed by atoms with Gasteiger partial charge in [0.1, 0.15) is 0 Å². The van der Waals surface area contributed by atoms with E-state index in [2.05, 4.69) is 10.3 Å². The van der Waals surface area contributed by atoms with Gasteiger partial charge in [-0.25, -0.2) is 4.98 Å². The van der Waals surface area contributed by atoms with Gasteiger partial charge in [-0.15, -0.1) is 11.8 Å². The number of benzene rings is 1. The molecule has 0 saturated heterocycles. The van der Waals surface area contributed by atoms with Crippen molar-refractivity contribution in [2.75, 3.05) is 11.1 Å². The second-order valence-corrected chi connectivity index (χ2v) is 7.79. The van der Waals surface area contributed by atoms with E-state index in [0.29, 0.717) is 5.13 Å². The number of aryl methyl sites for hydroxylation is 1. The third-order valence-electron chi connectivity index (χ3n) is 3.83. The van der Waals surface area contributed by atoms with Crippen molar-refractivity contribution >= 4 is 40.0 Å². The van der Waals surface area contributed by atoms with Gasteiger partial charge < -0.3 is 11.1 Å². The molecule has 1 aliphatic rings. The van der Waals surface area contributed by atoms with Gasteiger partial charge in [-0.05, 0) is 25.3 Å². The second-order valence-electron chi connectivity index (χ2n) is 5.55. The highest BCUT2D eigenvalue weighted by molar-refractivity contribution is 8.01. The standard InChI is InChI=1S/C16H17N3O2S2/c1-10-13(22-9-12(17)20)23-15(18-10)19-14(21)16(7-8-16)11-5-3-2-4-6-11/h2-6H,7-9H2,1H3,(H2,17,20)(H,18,19,21). The zero-order chi connectivity index (χ0) is 16.4. The van der Waals surface area contributed by atoms with Crippen LogP contribution >= 0.6 is 23.1 Å². The summed E-state index contributed by atoms with van der Waals surface area (Å²) in [4.78, 5) is 27.9.